The number of aliphatic hydroxyl groups excluding tert-OH is 1. The maximum Gasteiger partial charge on any atom is 0.208 e. The largest absolute Gasteiger partial charge is 0.472 e. The molecule has 0 spiro atoms. The molecule has 1 aliphatic rings. The molecule has 0 saturated carbocycles. The Morgan fingerprint density at radius 1 is 0.941 bits per heavy atom. The molecule has 0 bridgehead atoms. The summed E-state index contributed by atoms with van der Waals surface area (Å²) >= 11 is 0. The Morgan fingerprint density at radius 2 is 1.56 bits per heavy atom. The highest BCUT2D eigenvalue weighted by Gasteiger charge is 2.30. The molecule has 1 aromatic heterocycles. The number of hydrogen-bond donors (Lipinski definition) is 2. The number of aromatic nitrogens is 2. The van der Waals surface area contributed by atoms with Gasteiger partial charge in [0.2, 0.25) is 11.5 Å². The quantitative estimate of drug-likeness (QED) is 0.440. The summed E-state index contributed by atoms with van der Waals surface area (Å²) in [7, 11) is 0. The average molecular weight is 455 g/mol. The van der Waals surface area contributed by atoms with Gasteiger partial charge in [-0.2, -0.15) is 0 Å². The predicted octanol–water partition coefficient (Wildman–Crippen LogP) is 4.16. The molecular formula is C28H30N4O2. The molecular weight excluding hydrogens is 424 g/mol. The van der Waals surface area contributed by atoms with E-state index in [1.54, 1.807) is 0 Å². The molecule has 3 aromatic carbocycles. The Labute approximate surface area is 199 Å². The zero-order valence-corrected chi connectivity index (χ0v) is 19.6. The SMILES string of the molecule is Cc1ccc(C[C@@H](C2=NCC(CO)O2)n2c(=N)n(Cc3ccc(C)cc3)c3ccccc32)cc1. The van der Waals surface area contributed by atoms with Crippen LogP contribution >= 0.6 is 0 Å². The highest BCUT2D eigenvalue weighted by atomic mass is 16.5. The van der Waals surface area contributed by atoms with Crippen molar-refractivity contribution < 1.29 is 9.84 Å². The van der Waals surface area contributed by atoms with E-state index in [1.807, 2.05) is 21.3 Å². The van der Waals surface area contributed by atoms with Crippen molar-refractivity contribution in [3.05, 3.63) is 101 Å². The first-order chi connectivity index (χ1) is 16.5. The fourth-order valence-corrected chi connectivity index (χ4v) is 4.56. The van der Waals surface area contributed by atoms with Crippen molar-refractivity contribution in [1.82, 2.24) is 9.13 Å². The first-order valence-electron chi connectivity index (χ1n) is 11.7. The molecule has 34 heavy (non-hydrogen) atoms. The van der Waals surface area contributed by atoms with E-state index in [2.05, 4.69) is 79.5 Å². The molecule has 1 unspecified atom stereocenters. The average Bonchev–Trinajstić information content (AvgIpc) is 3.44. The number of rotatable bonds is 7. The molecule has 6 nitrogen and oxygen atoms in total. The van der Waals surface area contributed by atoms with Crippen LogP contribution in [0.3, 0.4) is 0 Å². The van der Waals surface area contributed by atoms with E-state index in [4.69, 9.17) is 4.74 Å². The van der Waals surface area contributed by atoms with Crippen molar-refractivity contribution in [1.29, 1.82) is 5.41 Å². The van der Waals surface area contributed by atoms with Gasteiger partial charge in [-0.15, -0.1) is 0 Å². The van der Waals surface area contributed by atoms with Gasteiger partial charge in [-0.1, -0.05) is 71.8 Å². The van der Waals surface area contributed by atoms with E-state index in [-0.39, 0.29) is 18.8 Å². The van der Waals surface area contributed by atoms with Crippen LogP contribution in [0.15, 0.2) is 77.8 Å². The third-order valence-electron chi connectivity index (χ3n) is 6.47. The van der Waals surface area contributed by atoms with E-state index >= 15 is 0 Å². The van der Waals surface area contributed by atoms with E-state index in [1.165, 1.54) is 11.1 Å². The number of nitrogens with one attached hydrogen (secondary N) is 1. The van der Waals surface area contributed by atoms with Crippen molar-refractivity contribution in [2.45, 2.75) is 39.0 Å². The van der Waals surface area contributed by atoms with Crippen LogP contribution in [-0.4, -0.2) is 39.4 Å². The monoisotopic (exact) mass is 454 g/mol. The minimum atomic E-state index is -0.328. The second-order valence-electron chi connectivity index (χ2n) is 9.06. The fourth-order valence-electron chi connectivity index (χ4n) is 4.56. The first kappa shape index (κ1) is 22.2. The second-order valence-corrected chi connectivity index (χ2v) is 9.06. The van der Waals surface area contributed by atoms with Crippen molar-refractivity contribution >= 4 is 16.9 Å². The predicted molar refractivity (Wildman–Crippen MR) is 134 cm³/mol. The van der Waals surface area contributed by atoms with Gasteiger partial charge in [0.15, 0.2) is 0 Å². The van der Waals surface area contributed by atoms with E-state index in [0.29, 0.717) is 31.0 Å². The third-order valence-corrected chi connectivity index (χ3v) is 6.47. The molecule has 0 radical (unpaired) electrons. The standard InChI is InChI=1S/C28H30N4O2/c1-19-7-11-21(12-8-19)15-26(27-30-16-23(18-33)34-27)32-25-6-4-3-5-24(25)31(28(32)29)17-22-13-9-20(2)10-14-22/h3-14,23,26,29,33H,15-18H2,1-2H3/t23?,26-/m0/s1. The molecule has 2 heterocycles. The molecule has 0 fully saturated rings. The number of para-hydroxylation sites is 2. The van der Waals surface area contributed by atoms with Gasteiger partial charge in [0.1, 0.15) is 12.1 Å². The molecule has 0 saturated heterocycles. The minimum absolute atomic E-state index is 0.0716. The second kappa shape index (κ2) is 9.31. The van der Waals surface area contributed by atoms with Crippen molar-refractivity contribution in [2.24, 2.45) is 4.99 Å². The van der Waals surface area contributed by atoms with E-state index < -0.39 is 0 Å². The maximum absolute atomic E-state index is 9.62. The Morgan fingerprint density at radius 3 is 2.18 bits per heavy atom. The van der Waals surface area contributed by atoms with E-state index in [0.717, 1.165) is 22.2 Å². The number of benzene rings is 3. The van der Waals surface area contributed by atoms with Crippen LogP contribution in [0.4, 0.5) is 0 Å². The lowest BCUT2D eigenvalue weighted by Gasteiger charge is -2.21. The third kappa shape index (κ3) is 4.29. The highest BCUT2D eigenvalue weighted by Crippen LogP contribution is 2.25. The zero-order chi connectivity index (χ0) is 23.7. The lowest BCUT2D eigenvalue weighted by atomic mass is 10.0. The Kier molecular flexibility index (Phi) is 6.07. The van der Waals surface area contributed by atoms with E-state index in [9.17, 15) is 10.5 Å². The van der Waals surface area contributed by atoms with Gasteiger partial charge in [0.25, 0.3) is 0 Å². The van der Waals surface area contributed by atoms with Crippen LogP contribution in [0.25, 0.3) is 11.0 Å². The van der Waals surface area contributed by atoms with Crippen LogP contribution in [0.5, 0.6) is 0 Å². The molecule has 4 aromatic rings. The molecule has 174 valence electrons. The number of aliphatic hydroxyl groups is 1. The van der Waals surface area contributed by atoms with Gasteiger partial charge in [0.05, 0.1) is 30.7 Å². The molecule has 2 N–H and O–H groups in total. The zero-order valence-electron chi connectivity index (χ0n) is 19.6. The summed E-state index contributed by atoms with van der Waals surface area (Å²) in [4.78, 5) is 4.65. The number of ether oxygens (including phenoxy) is 1. The summed E-state index contributed by atoms with van der Waals surface area (Å²) in [5.74, 6) is 0.580. The lowest BCUT2D eigenvalue weighted by Crippen LogP contribution is -2.34. The lowest BCUT2D eigenvalue weighted by molar-refractivity contribution is 0.123. The van der Waals surface area contributed by atoms with Gasteiger partial charge < -0.3 is 14.4 Å². The van der Waals surface area contributed by atoms with Crippen molar-refractivity contribution in [3.8, 4) is 0 Å². The normalized spacial score (nSPS) is 16.4. The number of nitrogens with zero attached hydrogens (tertiary/aromatic N) is 3. The van der Waals surface area contributed by atoms with Crippen molar-refractivity contribution in [2.75, 3.05) is 13.2 Å². The summed E-state index contributed by atoms with van der Waals surface area (Å²) in [6, 6.07) is 24.8. The number of fused-ring (bicyclic) bond motifs is 1. The number of imidazole rings is 1. The van der Waals surface area contributed by atoms with Gasteiger partial charge in [-0.3, -0.25) is 9.98 Å². The van der Waals surface area contributed by atoms with Gasteiger partial charge in [-0.05, 0) is 37.1 Å². The van der Waals surface area contributed by atoms with Crippen LogP contribution in [0.2, 0.25) is 0 Å². The van der Waals surface area contributed by atoms with Gasteiger partial charge >= 0.3 is 0 Å². The number of aryl methyl sites for hydroxylation is 2. The van der Waals surface area contributed by atoms with Crippen molar-refractivity contribution in [3.63, 3.8) is 0 Å². The first-order valence-corrected chi connectivity index (χ1v) is 11.7. The smallest absolute Gasteiger partial charge is 0.208 e. The molecule has 0 aliphatic carbocycles. The highest BCUT2D eigenvalue weighted by molar-refractivity contribution is 5.85. The van der Waals surface area contributed by atoms with Crippen LogP contribution < -0.4 is 5.62 Å². The Hall–Kier alpha value is -3.64. The van der Waals surface area contributed by atoms with Crippen LogP contribution in [0, 0.1) is 19.3 Å². The molecule has 5 rings (SSSR count). The Balaban J connectivity index is 1.62. The van der Waals surface area contributed by atoms with Gasteiger partial charge in [-0.25, -0.2) is 4.99 Å². The summed E-state index contributed by atoms with van der Waals surface area (Å²) < 4.78 is 10.1. The summed E-state index contributed by atoms with van der Waals surface area (Å²) in [6.45, 7) is 5.13. The summed E-state index contributed by atoms with van der Waals surface area (Å²) in [6.07, 6.45) is 0.318. The minimum Gasteiger partial charge on any atom is -0.472 e. The molecule has 2 atom stereocenters. The molecule has 1 aliphatic heterocycles. The topological polar surface area (TPSA) is 75.5 Å². The van der Waals surface area contributed by atoms with Crippen LogP contribution in [0.1, 0.15) is 28.3 Å². The maximum atomic E-state index is 9.62. The summed E-state index contributed by atoms with van der Waals surface area (Å²) in [5.41, 5.74) is 7.09. The molecule has 6 heteroatoms. The van der Waals surface area contributed by atoms with Crippen LogP contribution in [-0.2, 0) is 17.7 Å². The van der Waals surface area contributed by atoms with Gasteiger partial charge in [0, 0.05) is 6.42 Å². The Bertz CT molecular complexity index is 1380. The number of aliphatic imine (C=N–C) groups is 1. The number of hydrogen-bond acceptors (Lipinski definition) is 4. The summed E-state index contributed by atoms with van der Waals surface area (Å²) in [5, 5.41) is 18.8. The fraction of sp³-hybridized carbons (Fsp3) is 0.286. The molecule has 0 amide bonds.